The predicted octanol–water partition coefficient (Wildman–Crippen LogP) is 0.659. The van der Waals surface area contributed by atoms with Crippen LogP contribution in [0.1, 0.15) is 48.5 Å². The Labute approximate surface area is 174 Å². The molecule has 170 valence electrons. The van der Waals surface area contributed by atoms with Crippen LogP contribution in [0, 0.1) is 5.92 Å². The summed E-state index contributed by atoms with van der Waals surface area (Å²) in [5.74, 6) is -5.35. The van der Waals surface area contributed by atoms with Crippen LogP contribution in [0.4, 0.5) is 0 Å². The Kier molecular flexibility index (Phi) is 8.76. The predicted molar refractivity (Wildman–Crippen MR) is 97.5 cm³/mol. The fraction of sp³-hybridized carbons (Fsp3) is 0.737. The third-order valence-corrected chi connectivity index (χ3v) is 3.66. The number of hydrogen-bond acceptors (Lipinski definition) is 11. The van der Waals surface area contributed by atoms with E-state index in [-0.39, 0.29) is 0 Å². The Morgan fingerprint density at radius 3 is 1.70 bits per heavy atom. The van der Waals surface area contributed by atoms with Crippen molar-refractivity contribution in [1.82, 2.24) is 0 Å². The standard InChI is InChI=1S/C19H28O11/c1-9(20)25-8-13-15(26-10(2)21)16(27-11(3)22)14(17(24)30-19(5,6)7)18(29-13)28-12(4)23/h13-16,18H,8H2,1-7H3/t13-,14+,15-,16-,18-/m1/s1. The molecular weight excluding hydrogens is 404 g/mol. The number of ether oxygens (including phenoxy) is 6. The van der Waals surface area contributed by atoms with Crippen molar-refractivity contribution >= 4 is 29.8 Å². The Morgan fingerprint density at radius 2 is 1.27 bits per heavy atom. The highest BCUT2D eigenvalue weighted by Gasteiger charge is 2.55. The summed E-state index contributed by atoms with van der Waals surface area (Å²) >= 11 is 0. The first-order valence-electron chi connectivity index (χ1n) is 9.24. The van der Waals surface area contributed by atoms with Crippen molar-refractivity contribution in [3.63, 3.8) is 0 Å². The molecule has 0 aromatic heterocycles. The normalized spacial score (nSPS) is 26.2. The first-order valence-corrected chi connectivity index (χ1v) is 9.24. The Bertz CT molecular complexity index is 678. The van der Waals surface area contributed by atoms with Crippen molar-refractivity contribution in [3.05, 3.63) is 0 Å². The molecule has 0 unspecified atom stereocenters. The summed E-state index contributed by atoms with van der Waals surface area (Å²) in [6, 6.07) is 0. The number of esters is 5. The number of hydrogen-bond donors (Lipinski definition) is 0. The lowest BCUT2D eigenvalue weighted by atomic mass is 9.90. The quantitative estimate of drug-likeness (QED) is 0.431. The van der Waals surface area contributed by atoms with E-state index in [9.17, 15) is 24.0 Å². The van der Waals surface area contributed by atoms with Gasteiger partial charge in [0.1, 0.15) is 18.3 Å². The first-order chi connectivity index (χ1) is 13.7. The Hall–Kier alpha value is -2.69. The second kappa shape index (κ2) is 10.4. The molecule has 0 N–H and O–H groups in total. The lowest BCUT2D eigenvalue weighted by molar-refractivity contribution is -0.284. The molecule has 1 aliphatic rings. The summed E-state index contributed by atoms with van der Waals surface area (Å²) in [6.45, 7) is 8.87. The van der Waals surface area contributed by atoms with Gasteiger partial charge >= 0.3 is 29.8 Å². The van der Waals surface area contributed by atoms with Gasteiger partial charge in [-0.1, -0.05) is 0 Å². The zero-order valence-electron chi connectivity index (χ0n) is 18.1. The zero-order valence-corrected chi connectivity index (χ0v) is 18.1. The van der Waals surface area contributed by atoms with Crippen molar-refractivity contribution in [2.75, 3.05) is 6.61 Å². The highest BCUT2D eigenvalue weighted by Crippen LogP contribution is 2.34. The maximum absolute atomic E-state index is 12.9. The topological polar surface area (TPSA) is 141 Å². The van der Waals surface area contributed by atoms with Crippen LogP contribution in [0.2, 0.25) is 0 Å². The molecule has 5 atom stereocenters. The van der Waals surface area contributed by atoms with Gasteiger partial charge in [-0.2, -0.15) is 0 Å². The van der Waals surface area contributed by atoms with Gasteiger partial charge in [0, 0.05) is 27.7 Å². The van der Waals surface area contributed by atoms with E-state index in [1.165, 1.54) is 0 Å². The molecule has 0 radical (unpaired) electrons. The van der Waals surface area contributed by atoms with Gasteiger partial charge in [0.15, 0.2) is 18.1 Å². The lowest BCUT2D eigenvalue weighted by Crippen LogP contribution is -2.62. The molecule has 0 spiro atoms. The maximum atomic E-state index is 12.9. The highest BCUT2D eigenvalue weighted by molar-refractivity contribution is 5.76. The van der Waals surface area contributed by atoms with Crippen molar-refractivity contribution in [2.24, 2.45) is 5.92 Å². The third kappa shape index (κ3) is 7.97. The molecule has 1 fully saturated rings. The molecule has 0 saturated carbocycles. The first kappa shape index (κ1) is 25.3. The molecule has 0 aromatic rings. The van der Waals surface area contributed by atoms with E-state index in [4.69, 9.17) is 28.4 Å². The summed E-state index contributed by atoms with van der Waals surface area (Å²) in [4.78, 5) is 59.1. The smallest absolute Gasteiger partial charge is 0.319 e. The van der Waals surface area contributed by atoms with E-state index in [2.05, 4.69) is 0 Å². The van der Waals surface area contributed by atoms with Gasteiger partial charge in [0.2, 0.25) is 6.29 Å². The Balaban J connectivity index is 3.43. The Morgan fingerprint density at radius 1 is 0.767 bits per heavy atom. The van der Waals surface area contributed by atoms with Gasteiger partial charge in [-0.15, -0.1) is 0 Å². The maximum Gasteiger partial charge on any atom is 0.319 e. The molecule has 11 nitrogen and oxygen atoms in total. The van der Waals surface area contributed by atoms with Gasteiger partial charge in [-0.05, 0) is 20.8 Å². The van der Waals surface area contributed by atoms with Gasteiger partial charge < -0.3 is 28.4 Å². The van der Waals surface area contributed by atoms with E-state index >= 15 is 0 Å². The molecule has 1 rings (SSSR count). The van der Waals surface area contributed by atoms with Crippen molar-refractivity contribution in [1.29, 1.82) is 0 Å². The van der Waals surface area contributed by atoms with Gasteiger partial charge in [-0.25, -0.2) is 0 Å². The second-order valence-electron chi connectivity index (χ2n) is 7.66. The monoisotopic (exact) mass is 432 g/mol. The van der Waals surface area contributed by atoms with E-state index in [0.29, 0.717) is 0 Å². The highest BCUT2D eigenvalue weighted by atomic mass is 16.7. The minimum atomic E-state index is -1.55. The molecular formula is C19H28O11. The van der Waals surface area contributed by atoms with Crippen molar-refractivity contribution < 1.29 is 52.4 Å². The summed E-state index contributed by atoms with van der Waals surface area (Å²) in [6.07, 6.45) is -5.51. The summed E-state index contributed by atoms with van der Waals surface area (Å²) < 4.78 is 31.5. The van der Waals surface area contributed by atoms with E-state index < -0.39 is 72.6 Å². The van der Waals surface area contributed by atoms with E-state index in [1.807, 2.05) is 0 Å². The largest absolute Gasteiger partial charge is 0.463 e. The SMILES string of the molecule is CC(=O)OC[C@H]1O[C@@H](OC(C)=O)[C@H](C(=O)OC(C)(C)C)[C@@H](OC(C)=O)[C@@H]1OC(C)=O. The molecule has 30 heavy (non-hydrogen) atoms. The van der Waals surface area contributed by atoms with Crippen LogP contribution in [-0.2, 0) is 52.4 Å². The average molecular weight is 432 g/mol. The fourth-order valence-electron chi connectivity index (χ4n) is 2.79. The van der Waals surface area contributed by atoms with Crippen LogP contribution in [0.15, 0.2) is 0 Å². The van der Waals surface area contributed by atoms with Gasteiger partial charge in [0.25, 0.3) is 0 Å². The van der Waals surface area contributed by atoms with Crippen LogP contribution in [0.3, 0.4) is 0 Å². The van der Waals surface area contributed by atoms with E-state index in [0.717, 1.165) is 27.7 Å². The van der Waals surface area contributed by atoms with Crippen LogP contribution in [0.25, 0.3) is 0 Å². The summed E-state index contributed by atoms with van der Waals surface area (Å²) in [7, 11) is 0. The van der Waals surface area contributed by atoms with Crippen LogP contribution >= 0.6 is 0 Å². The molecule has 11 heteroatoms. The molecule has 1 aliphatic heterocycles. The third-order valence-electron chi connectivity index (χ3n) is 3.66. The summed E-state index contributed by atoms with van der Waals surface area (Å²) in [5.41, 5.74) is -0.926. The van der Waals surface area contributed by atoms with Crippen molar-refractivity contribution in [3.8, 4) is 0 Å². The zero-order chi connectivity index (χ0) is 23.2. The lowest BCUT2D eigenvalue weighted by Gasteiger charge is -2.43. The van der Waals surface area contributed by atoms with Crippen LogP contribution in [-0.4, -0.2) is 66.7 Å². The molecule has 0 bridgehead atoms. The van der Waals surface area contributed by atoms with Crippen LogP contribution in [0.5, 0.6) is 0 Å². The van der Waals surface area contributed by atoms with E-state index in [1.54, 1.807) is 20.8 Å². The molecule has 1 saturated heterocycles. The fourth-order valence-corrected chi connectivity index (χ4v) is 2.79. The molecule has 0 amide bonds. The van der Waals surface area contributed by atoms with Crippen LogP contribution < -0.4 is 0 Å². The number of carbonyl (C=O) groups excluding carboxylic acids is 5. The van der Waals surface area contributed by atoms with Crippen molar-refractivity contribution in [2.45, 2.75) is 78.7 Å². The minimum Gasteiger partial charge on any atom is -0.463 e. The second-order valence-corrected chi connectivity index (χ2v) is 7.66. The molecule has 1 heterocycles. The van der Waals surface area contributed by atoms with Gasteiger partial charge in [0.05, 0.1) is 0 Å². The number of carbonyl (C=O) groups is 5. The minimum absolute atomic E-state index is 0.413. The average Bonchev–Trinajstić information content (AvgIpc) is 2.52. The van der Waals surface area contributed by atoms with Gasteiger partial charge in [-0.3, -0.25) is 24.0 Å². The molecule has 0 aromatic carbocycles. The molecule has 0 aliphatic carbocycles. The number of rotatable bonds is 6. The summed E-state index contributed by atoms with van der Waals surface area (Å²) in [5, 5.41) is 0.